The van der Waals surface area contributed by atoms with Gasteiger partial charge in [0.2, 0.25) is 5.95 Å². The number of ether oxygens (including phenoxy) is 1. The zero-order valence-corrected chi connectivity index (χ0v) is 9.44. The minimum atomic E-state index is 0.579. The summed E-state index contributed by atoms with van der Waals surface area (Å²) in [7, 11) is 1.60. The van der Waals surface area contributed by atoms with Crippen LogP contribution in [0.25, 0.3) is 0 Å². The fourth-order valence-corrected chi connectivity index (χ4v) is 1.56. The maximum atomic E-state index is 5.00. The fraction of sp³-hybridized carbons (Fsp3) is 0.600. The average molecular weight is 223 g/mol. The molecule has 88 valence electrons. The Hall–Kier alpha value is -1.40. The molecule has 2 N–H and O–H groups in total. The first-order chi connectivity index (χ1) is 7.88. The molecular formula is C10H17N5O. The molecule has 0 atom stereocenters. The largest absolute Gasteiger partial charge is 0.494 e. The summed E-state index contributed by atoms with van der Waals surface area (Å²) in [5, 5.41) is 1.94. The smallest absolute Gasteiger partial charge is 0.238 e. The first kappa shape index (κ1) is 11.1. The van der Waals surface area contributed by atoms with E-state index in [1.165, 1.54) is 19.3 Å². The van der Waals surface area contributed by atoms with E-state index in [1.54, 1.807) is 19.5 Å². The minimum Gasteiger partial charge on any atom is -0.494 e. The van der Waals surface area contributed by atoms with E-state index in [0.717, 1.165) is 13.1 Å². The molecule has 0 saturated carbocycles. The number of rotatable bonds is 3. The van der Waals surface area contributed by atoms with E-state index in [9.17, 15) is 0 Å². The predicted molar refractivity (Wildman–Crippen MR) is 60.8 cm³/mol. The number of anilines is 1. The van der Waals surface area contributed by atoms with Crippen LogP contribution in [0.15, 0.2) is 12.4 Å². The van der Waals surface area contributed by atoms with Crippen LogP contribution in [0.4, 0.5) is 5.95 Å². The van der Waals surface area contributed by atoms with Crippen LogP contribution in [0.1, 0.15) is 19.3 Å². The van der Waals surface area contributed by atoms with Gasteiger partial charge in [0.25, 0.3) is 0 Å². The number of methoxy groups -OCH3 is 1. The van der Waals surface area contributed by atoms with Crippen LogP contribution in [0.3, 0.4) is 0 Å². The van der Waals surface area contributed by atoms with Gasteiger partial charge in [-0.2, -0.15) is 5.12 Å². The van der Waals surface area contributed by atoms with Gasteiger partial charge in [0.1, 0.15) is 0 Å². The third-order valence-corrected chi connectivity index (χ3v) is 2.46. The molecule has 0 amide bonds. The van der Waals surface area contributed by atoms with Crippen molar-refractivity contribution in [1.29, 1.82) is 0 Å². The molecule has 6 nitrogen and oxygen atoms in total. The van der Waals surface area contributed by atoms with Gasteiger partial charge < -0.3 is 4.74 Å². The third-order valence-electron chi connectivity index (χ3n) is 2.46. The SMILES string of the molecule is COc1cnc(NN2CCCCCN2)nc1. The number of hydrogen-bond donors (Lipinski definition) is 2. The summed E-state index contributed by atoms with van der Waals surface area (Å²) < 4.78 is 5.00. The second-order valence-electron chi connectivity index (χ2n) is 3.68. The number of aromatic nitrogens is 2. The summed E-state index contributed by atoms with van der Waals surface area (Å²) in [5.41, 5.74) is 6.39. The highest BCUT2D eigenvalue weighted by Gasteiger charge is 2.08. The zero-order chi connectivity index (χ0) is 11.2. The Morgan fingerprint density at radius 2 is 2.12 bits per heavy atom. The highest BCUT2D eigenvalue weighted by molar-refractivity contribution is 5.25. The van der Waals surface area contributed by atoms with E-state index in [4.69, 9.17) is 4.74 Å². The maximum absolute atomic E-state index is 5.00. The van der Waals surface area contributed by atoms with Crippen LogP contribution in [-0.4, -0.2) is 35.3 Å². The topological polar surface area (TPSA) is 62.3 Å². The van der Waals surface area contributed by atoms with Crippen molar-refractivity contribution in [2.45, 2.75) is 19.3 Å². The molecule has 6 heteroatoms. The summed E-state index contributed by atoms with van der Waals surface area (Å²) >= 11 is 0. The van der Waals surface area contributed by atoms with Crippen LogP contribution >= 0.6 is 0 Å². The molecule has 2 rings (SSSR count). The van der Waals surface area contributed by atoms with Gasteiger partial charge in [-0.1, -0.05) is 6.42 Å². The molecule has 16 heavy (non-hydrogen) atoms. The summed E-state index contributed by atoms with van der Waals surface area (Å²) in [5.74, 6) is 1.24. The molecular weight excluding hydrogens is 206 g/mol. The van der Waals surface area contributed by atoms with E-state index in [-0.39, 0.29) is 0 Å². The lowest BCUT2D eigenvalue weighted by molar-refractivity contribution is 0.246. The van der Waals surface area contributed by atoms with Crippen molar-refractivity contribution >= 4 is 5.95 Å². The lowest BCUT2D eigenvalue weighted by Gasteiger charge is -2.21. The zero-order valence-electron chi connectivity index (χ0n) is 9.44. The summed E-state index contributed by atoms with van der Waals surface area (Å²) in [4.78, 5) is 8.29. The highest BCUT2D eigenvalue weighted by Crippen LogP contribution is 2.08. The molecule has 0 aliphatic carbocycles. The maximum Gasteiger partial charge on any atom is 0.238 e. The Labute approximate surface area is 95.0 Å². The molecule has 1 fully saturated rings. The van der Waals surface area contributed by atoms with Crippen molar-refractivity contribution in [1.82, 2.24) is 20.5 Å². The minimum absolute atomic E-state index is 0.579. The first-order valence-electron chi connectivity index (χ1n) is 5.52. The van der Waals surface area contributed by atoms with E-state index in [0.29, 0.717) is 11.7 Å². The fourth-order valence-electron chi connectivity index (χ4n) is 1.56. The molecule has 0 aromatic carbocycles. The van der Waals surface area contributed by atoms with Crippen LogP contribution in [-0.2, 0) is 0 Å². The quantitative estimate of drug-likeness (QED) is 0.790. The Morgan fingerprint density at radius 1 is 1.31 bits per heavy atom. The van der Waals surface area contributed by atoms with Crippen LogP contribution < -0.4 is 15.6 Å². The lowest BCUT2D eigenvalue weighted by Crippen LogP contribution is -2.42. The molecule has 1 saturated heterocycles. The van der Waals surface area contributed by atoms with E-state index in [2.05, 4.69) is 20.8 Å². The third kappa shape index (κ3) is 3.04. The van der Waals surface area contributed by atoms with E-state index >= 15 is 0 Å². The molecule has 1 aromatic rings. The van der Waals surface area contributed by atoms with Gasteiger partial charge in [-0.3, -0.25) is 5.43 Å². The van der Waals surface area contributed by atoms with Crippen molar-refractivity contribution < 1.29 is 4.74 Å². The number of nitrogens with one attached hydrogen (secondary N) is 2. The van der Waals surface area contributed by atoms with Gasteiger partial charge in [0, 0.05) is 13.1 Å². The molecule has 0 radical (unpaired) electrons. The standard InChI is InChI=1S/C10H17N5O/c1-16-9-7-11-10(12-8-9)14-15-6-4-2-3-5-13-15/h7-8,13H,2-6H2,1H3,(H,11,12,14). The number of hydrazine groups is 2. The molecule has 2 heterocycles. The second kappa shape index (κ2) is 5.62. The Morgan fingerprint density at radius 3 is 2.88 bits per heavy atom. The Kier molecular flexibility index (Phi) is 3.90. The molecule has 1 aliphatic heterocycles. The normalized spacial score (nSPS) is 17.8. The van der Waals surface area contributed by atoms with Gasteiger partial charge >= 0.3 is 0 Å². The summed E-state index contributed by atoms with van der Waals surface area (Å²) in [6.07, 6.45) is 6.94. The predicted octanol–water partition coefficient (Wildman–Crippen LogP) is 0.803. The molecule has 1 aliphatic rings. The first-order valence-corrected chi connectivity index (χ1v) is 5.52. The number of nitrogens with zero attached hydrogens (tertiary/aromatic N) is 3. The second-order valence-corrected chi connectivity index (χ2v) is 3.68. The van der Waals surface area contributed by atoms with Crippen molar-refractivity contribution in [3.8, 4) is 5.75 Å². The molecule has 0 unspecified atom stereocenters. The average Bonchev–Trinajstić information content (AvgIpc) is 2.59. The lowest BCUT2D eigenvalue weighted by atomic mass is 10.2. The van der Waals surface area contributed by atoms with Gasteiger partial charge in [-0.15, -0.1) is 0 Å². The van der Waals surface area contributed by atoms with Crippen molar-refractivity contribution in [3.63, 3.8) is 0 Å². The molecule has 1 aromatic heterocycles. The van der Waals surface area contributed by atoms with Crippen LogP contribution in [0.2, 0.25) is 0 Å². The number of hydrogen-bond acceptors (Lipinski definition) is 6. The van der Waals surface area contributed by atoms with Crippen molar-refractivity contribution in [3.05, 3.63) is 12.4 Å². The van der Waals surface area contributed by atoms with Gasteiger partial charge in [0.15, 0.2) is 5.75 Å². The van der Waals surface area contributed by atoms with Crippen molar-refractivity contribution in [2.24, 2.45) is 0 Å². The van der Waals surface area contributed by atoms with E-state index in [1.807, 2.05) is 5.12 Å². The van der Waals surface area contributed by atoms with Crippen molar-refractivity contribution in [2.75, 3.05) is 25.6 Å². The summed E-state index contributed by atoms with van der Waals surface area (Å²) in [6, 6.07) is 0. The Balaban J connectivity index is 1.91. The van der Waals surface area contributed by atoms with Gasteiger partial charge in [-0.05, 0) is 12.8 Å². The monoisotopic (exact) mass is 223 g/mol. The summed E-state index contributed by atoms with van der Waals surface area (Å²) in [6.45, 7) is 1.94. The van der Waals surface area contributed by atoms with Crippen LogP contribution in [0.5, 0.6) is 5.75 Å². The Bertz CT molecular complexity index is 307. The highest BCUT2D eigenvalue weighted by atomic mass is 16.5. The molecule has 0 bridgehead atoms. The molecule has 0 spiro atoms. The van der Waals surface area contributed by atoms with E-state index < -0.39 is 0 Å². The van der Waals surface area contributed by atoms with Gasteiger partial charge in [0.05, 0.1) is 19.5 Å². The van der Waals surface area contributed by atoms with Gasteiger partial charge in [-0.25, -0.2) is 15.4 Å². The van der Waals surface area contributed by atoms with Crippen LogP contribution in [0, 0.1) is 0 Å².